The topological polar surface area (TPSA) is 20.3 Å². The average molecular weight is 203 g/mol. The predicted molar refractivity (Wildman–Crippen MR) is 62.2 cm³/mol. The molecule has 0 atom stereocenters. The predicted octanol–water partition coefficient (Wildman–Crippen LogP) is 2.55. The second kappa shape index (κ2) is 3.37. The van der Waals surface area contributed by atoms with Crippen molar-refractivity contribution in [2.75, 3.05) is 11.4 Å². The van der Waals surface area contributed by atoms with E-state index in [0.717, 1.165) is 6.54 Å². The zero-order valence-electron chi connectivity index (χ0n) is 9.58. The van der Waals surface area contributed by atoms with E-state index in [2.05, 4.69) is 24.0 Å². The van der Waals surface area contributed by atoms with Crippen LogP contribution in [-0.2, 0) is 4.79 Å². The zero-order valence-corrected chi connectivity index (χ0v) is 9.58. The van der Waals surface area contributed by atoms with Gasteiger partial charge in [0.05, 0.1) is 5.54 Å². The summed E-state index contributed by atoms with van der Waals surface area (Å²) in [5.74, 6) is 0.339. The van der Waals surface area contributed by atoms with E-state index < -0.39 is 0 Å². The van der Waals surface area contributed by atoms with Gasteiger partial charge in [-0.2, -0.15) is 0 Å². The van der Waals surface area contributed by atoms with Crippen molar-refractivity contribution in [1.82, 2.24) is 0 Å². The lowest BCUT2D eigenvalue weighted by Crippen LogP contribution is -2.43. The Balaban J connectivity index is 2.41. The van der Waals surface area contributed by atoms with Crippen LogP contribution in [0.15, 0.2) is 24.3 Å². The Morgan fingerprint density at radius 3 is 2.47 bits per heavy atom. The Morgan fingerprint density at radius 2 is 1.93 bits per heavy atom. The van der Waals surface area contributed by atoms with Gasteiger partial charge in [-0.15, -0.1) is 0 Å². The molecule has 0 spiro atoms. The molecule has 1 aromatic carbocycles. The first-order valence-corrected chi connectivity index (χ1v) is 5.40. The van der Waals surface area contributed by atoms with Crippen LogP contribution in [0.25, 0.3) is 0 Å². The van der Waals surface area contributed by atoms with Crippen LogP contribution in [0.2, 0.25) is 0 Å². The number of carbonyl (C=O) groups is 1. The molecule has 0 aromatic heterocycles. The minimum absolute atomic E-state index is 0.339. The minimum atomic E-state index is -0.341. The normalized spacial score (nSPS) is 19.7. The summed E-state index contributed by atoms with van der Waals surface area (Å²) in [5, 5.41) is 0. The third-order valence-corrected chi connectivity index (χ3v) is 3.33. The van der Waals surface area contributed by atoms with Crippen LogP contribution in [0.5, 0.6) is 0 Å². The van der Waals surface area contributed by atoms with Crippen LogP contribution in [-0.4, -0.2) is 17.9 Å². The van der Waals surface area contributed by atoms with Gasteiger partial charge in [0.1, 0.15) is 0 Å². The smallest absolute Gasteiger partial charge is 0.159 e. The summed E-state index contributed by atoms with van der Waals surface area (Å²) in [7, 11) is 0. The maximum Gasteiger partial charge on any atom is 0.159 e. The Bertz CT molecular complexity index is 395. The third-order valence-electron chi connectivity index (χ3n) is 3.33. The molecule has 0 aliphatic carbocycles. The van der Waals surface area contributed by atoms with E-state index in [4.69, 9.17) is 0 Å². The number of rotatable bonds is 1. The highest BCUT2D eigenvalue weighted by molar-refractivity contribution is 5.94. The number of anilines is 1. The molecule has 0 N–H and O–H groups in total. The summed E-state index contributed by atoms with van der Waals surface area (Å²) in [6, 6.07) is 8.24. The molecule has 0 radical (unpaired) electrons. The summed E-state index contributed by atoms with van der Waals surface area (Å²) in [6.07, 6.45) is 0.668. The largest absolute Gasteiger partial charge is 0.359 e. The van der Waals surface area contributed by atoms with Gasteiger partial charge in [0.15, 0.2) is 5.78 Å². The molecule has 1 saturated heterocycles. The van der Waals surface area contributed by atoms with Gasteiger partial charge >= 0.3 is 0 Å². The van der Waals surface area contributed by atoms with Crippen molar-refractivity contribution in [2.45, 2.75) is 32.7 Å². The van der Waals surface area contributed by atoms with Gasteiger partial charge in [0.2, 0.25) is 0 Å². The van der Waals surface area contributed by atoms with Crippen LogP contribution in [0.1, 0.15) is 25.8 Å². The minimum Gasteiger partial charge on any atom is -0.359 e. The first-order valence-electron chi connectivity index (χ1n) is 5.40. The van der Waals surface area contributed by atoms with Crippen LogP contribution in [0, 0.1) is 6.92 Å². The standard InChI is InChI=1S/C13H17NO/c1-10-6-4-5-7-11(10)14-9-8-12(15)13(14,2)3/h4-7H,8-9H2,1-3H3. The number of aryl methyl sites for hydroxylation is 1. The van der Waals surface area contributed by atoms with Gasteiger partial charge in [0, 0.05) is 18.7 Å². The zero-order chi connectivity index (χ0) is 11.1. The van der Waals surface area contributed by atoms with Crippen molar-refractivity contribution in [2.24, 2.45) is 0 Å². The molecule has 2 nitrogen and oxygen atoms in total. The second-order valence-electron chi connectivity index (χ2n) is 4.67. The van der Waals surface area contributed by atoms with Crippen molar-refractivity contribution in [3.8, 4) is 0 Å². The van der Waals surface area contributed by atoms with E-state index >= 15 is 0 Å². The Kier molecular flexibility index (Phi) is 2.29. The maximum absolute atomic E-state index is 11.7. The van der Waals surface area contributed by atoms with E-state index in [0.29, 0.717) is 12.2 Å². The van der Waals surface area contributed by atoms with Gasteiger partial charge < -0.3 is 4.90 Å². The van der Waals surface area contributed by atoms with E-state index in [-0.39, 0.29) is 5.54 Å². The van der Waals surface area contributed by atoms with Crippen LogP contribution >= 0.6 is 0 Å². The fraction of sp³-hybridized carbons (Fsp3) is 0.462. The molecular formula is C13H17NO. The molecule has 0 saturated carbocycles. The van der Waals surface area contributed by atoms with Gasteiger partial charge in [0.25, 0.3) is 0 Å². The number of ketones is 1. The molecule has 15 heavy (non-hydrogen) atoms. The van der Waals surface area contributed by atoms with Gasteiger partial charge in [-0.1, -0.05) is 18.2 Å². The lowest BCUT2D eigenvalue weighted by atomic mass is 9.99. The van der Waals surface area contributed by atoms with Crippen molar-refractivity contribution < 1.29 is 4.79 Å². The van der Waals surface area contributed by atoms with E-state index in [1.54, 1.807) is 0 Å². The number of nitrogens with zero attached hydrogens (tertiary/aromatic N) is 1. The monoisotopic (exact) mass is 203 g/mol. The average Bonchev–Trinajstić information content (AvgIpc) is 2.44. The van der Waals surface area contributed by atoms with Crippen molar-refractivity contribution in [3.63, 3.8) is 0 Å². The lowest BCUT2D eigenvalue weighted by molar-refractivity contribution is -0.120. The fourth-order valence-corrected chi connectivity index (χ4v) is 2.24. The first-order chi connectivity index (χ1) is 7.03. The fourth-order valence-electron chi connectivity index (χ4n) is 2.24. The molecular weight excluding hydrogens is 186 g/mol. The quantitative estimate of drug-likeness (QED) is 0.699. The molecule has 0 unspecified atom stereocenters. The molecule has 1 aromatic rings. The van der Waals surface area contributed by atoms with Crippen LogP contribution in [0.4, 0.5) is 5.69 Å². The van der Waals surface area contributed by atoms with Gasteiger partial charge in [-0.25, -0.2) is 0 Å². The number of hydrogen-bond acceptors (Lipinski definition) is 2. The highest BCUT2D eigenvalue weighted by Crippen LogP contribution is 2.32. The van der Waals surface area contributed by atoms with E-state index in [1.807, 2.05) is 26.0 Å². The molecule has 1 heterocycles. The van der Waals surface area contributed by atoms with Gasteiger partial charge in [-0.3, -0.25) is 4.79 Å². The molecule has 2 rings (SSSR count). The van der Waals surface area contributed by atoms with Crippen molar-refractivity contribution >= 4 is 11.5 Å². The van der Waals surface area contributed by atoms with E-state index in [1.165, 1.54) is 11.3 Å². The summed E-state index contributed by atoms with van der Waals surface area (Å²) in [5.41, 5.74) is 2.08. The molecule has 2 heteroatoms. The van der Waals surface area contributed by atoms with Crippen LogP contribution < -0.4 is 4.90 Å². The number of para-hydroxylation sites is 1. The highest BCUT2D eigenvalue weighted by Gasteiger charge is 2.40. The molecule has 1 aliphatic rings. The third kappa shape index (κ3) is 1.54. The number of benzene rings is 1. The second-order valence-corrected chi connectivity index (χ2v) is 4.67. The van der Waals surface area contributed by atoms with Gasteiger partial charge in [-0.05, 0) is 32.4 Å². The van der Waals surface area contributed by atoms with Crippen molar-refractivity contribution in [3.05, 3.63) is 29.8 Å². The number of Topliss-reactive ketones (excluding diaryl/α,β-unsaturated/α-hetero) is 1. The SMILES string of the molecule is Cc1ccccc1N1CCC(=O)C1(C)C. The van der Waals surface area contributed by atoms with E-state index in [9.17, 15) is 4.79 Å². The Hall–Kier alpha value is -1.31. The number of carbonyl (C=O) groups excluding carboxylic acids is 1. The molecule has 1 fully saturated rings. The highest BCUT2D eigenvalue weighted by atomic mass is 16.1. The summed E-state index contributed by atoms with van der Waals surface area (Å²) >= 11 is 0. The Labute approximate surface area is 90.9 Å². The molecule has 0 amide bonds. The number of hydrogen-bond donors (Lipinski definition) is 0. The van der Waals surface area contributed by atoms with Crippen LogP contribution in [0.3, 0.4) is 0 Å². The molecule has 1 aliphatic heterocycles. The maximum atomic E-state index is 11.7. The summed E-state index contributed by atoms with van der Waals surface area (Å²) < 4.78 is 0. The van der Waals surface area contributed by atoms with Crippen molar-refractivity contribution in [1.29, 1.82) is 0 Å². The first kappa shape index (κ1) is 10.2. The summed E-state index contributed by atoms with van der Waals surface area (Å²) in [4.78, 5) is 14.0. The lowest BCUT2D eigenvalue weighted by Gasteiger charge is -2.33. The molecule has 80 valence electrons. The Morgan fingerprint density at radius 1 is 1.27 bits per heavy atom. The summed E-state index contributed by atoms with van der Waals surface area (Å²) in [6.45, 7) is 6.95. The molecule has 0 bridgehead atoms.